The maximum Gasteiger partial charge on any atom is 0.214 e. The summed E-state index contributed by atoms with van der Waals surface area (Å²) in [5.74, 6) is -0.211. The van der Waals surface area contributed by atoms with E-state index in [9.17, 15) is 21.2 Å². The van der Waals surface area contributed by atoms with E-state index in [2.05, 4.69) is 4.72 Å². The highest BCUT2D eigenvalue weighted by atomic mass is 32.2. The molecular weight excluding hydrogens is 405 g/mol. The van der Waals surface area contributed by atoms with Gasteiger partial charge in [-0.15, -0.1) is 0 Å². The molecule has 0 unspecified atom stereocenters. The normalized spacial score (nSPS) is 19.7. The van der Waals surface area contributed by atoms with E-state index in [0.717, 1.165) is 11.6 Å². The Morgan fingerprint density at radius 1 is 1.00 bits per heavy atom. The number of hydrogen-bond acceptors (Lipinski definition) is 5. The van der Waals surface area contributed by atoms with Gasteiger partial charge in [0.15, 0.2) is 0 Å². The van der Waals surface area contributed by atoms with Gasteiger partial charge in [-0.05, 0) is 61.6 Å². The van der Waals surface area contributed by atoms with Crippen LogP contribution in [0.25, 0.3) is 0 Å². The summed E-state index contributed by atoms with van der Waals surface area (Å²) in [4.78, 5) is -0.118. The Bertz CT molecular complexity index is 1110. The number of aryl methyl sites for hydroxylation is 1. The van der Waals surface area contributed by atoms with Crippen molar-refractivity contribution in [2.75, 3.05) is 6.54 Å². The number of sulfonamides is 1. The van der Waals surface area contributed by atoms with E-state index in [1.807, 2.05) is 0 Å². The molecule has 0 amide bonds. The lowest BCUT2D eigenvalue weighted by Crippen LogP contribution is -2.38. The molecule has 1 aliphatic heterocycles. The van der Waals surface area contributed by atoms with Crippen molar-refractivity contribution in [3.05, 3.63) is 53.8 Å². The third-order valence-electron chi connectivity index (χ3n) is 4.96. The smallest absolute Gasteiger partial charge is 0.214 e. The Kier molecular flexibility index (Phi) is 4.93. The van der Waals surface area contributed by atoms with Crippen molar-refractivity contribution in [3.8, 4) is 5.75 Å². The van der Waals surface area contributed by atoms with E-state index in [1.165, 1.54) is 30.3 Å². The molecule has 1 aliphatic carbocycles. The van der Waals surface area contributed by atoms with Gasteiger partial charge in [-0.3, -0.25) is 0 Å². The van der Waals surface area contributed by atoms with Gasteiger partial charge in [0, 0.05) is 6.54 Å². The van der Waals surface area contributed by atoms with Gasteiger partial charge in [-0.25, -0.2) is 25.9 Å². The van der Waals surface area contributed by atoms with E-state index in [1.54, 1.807) is 6.07 Å². The average Bonchev–Trinajstić information content (AvgIpc) is 3.52. The zero-order chi connectivity index (χ0) is 19.9. The number of ether oxygens (including phenoxy) is 1. The first-order valence-corrected chi connectivity index (χ1v) is 12.1. The van der Waals surface area contributed by atoms with E-state index in [4.69, 9.17) is 4.74 Å². The van der Waals surface area contributed by atoms with Crippen LogP contribution in [0, 0.1) is 5.82 Å². The van der Waals surface area contributed by atoms with Gasteiger partial charge in [-0.1, -0.05) is 12.1 Å². The molecule has 1 heterocycles. The standard InChI is InChI=1S/C19H20FNO5S2/c20-14-2-1-3-17(10-14)27(22,23)18-7-5-13-4-6-15(26-19(13)11-18)12-21-28(24,25)16-8-9-16/h1-3,5,7,10-11,15-16,21H,4,6,8-9,12H2/t15-/m1/s1. The van der Waals surface area contributed by atoms with Crippen molar-refractivity contribution in [3.63, 3.8) is 0 Å². The Balaban J connectivity index is 1.53. The van der Waals surface area contributed by atoms with Gasteiger partial charge in [0.05, 0.1) is 15.0 Å². The van der Waals surface area contributed by atoms with E-state index in [-0.39, 0.29) is 27.7 Å². The van der Waals surface area contributed by atoms with Gasteiger partial charge in [0.1, 0.15) is 17.7 Å². The molecule has 1 N–H and O–H groups in total. The van der Waals surface area contributed by atoms with Crippen molar-refractivity contribution in [1.29, 1.82) is 0 Å². The summed E-state index contributed by atoms with van der Waals surface area (Å²) >= 11 is 0. The van der Waals surface area contributed by atoms with Crippen molar-refractivity contribution >= 4 is 19.9 Å². The molecule has 0 bridgehead atoms. The van der Waals surface area contributed by atoms with Crippen LogP contribution in [0.1, 0.15) is 24.8 Å². The summed E-state index contributed by atoms with van der Waals surface area (Å²) in [5, 5.41) is -0.300. The largest absolute Gasteiger partial charge is 0.489 e. The molecule has 28 heavy (non-hydrogen) atoms. The van der Waals surface area contributed by atoms with Crippen molar-refractivity contribution in [2.45, 2.75) is 46.8 Å². The molecule has 0 radical (unpaired) electrons. The molecule has 0 saturated heterocycles. The minimum Gasteiger partial charge on any atom is -0.489 e. The average molecular weight is 426 g/mol. The van der Waals surface area contributed by atoms with Gasteiger partial charge in [-0.2, -0.15) is 0 Å². The summed E-state index contributed by atoms with van der Waals surface area (Å²) in [6.45, 7) is 0.152. The number of halogens is 1. The van der Waals surface area contributed by atoms with Crippen LogP contribution in [0.4, 0.5) is 4.39 Å². The Morgan fingerprint density at radius 2 is 1.75 bits per heavy atom. The van der Waals surface area contributed by atoms with Crippen LogP contribution < -0.4 is 9.46 Å². The highest BCUT2D eigenvalue weighted by Crippen LogP contribution is 2.33. The third kappa shape index (κ3) is 3.92. The molecule has 1 saturated carbocycles. The summed E-state index contributed by atoms with van der Waals surface area (Å²) in [6, 6.07) is 9.45. The lowest BCUT2D eigenvalue weighted by Gasteiger charge is -2.26. The highest BCUT2D eigenvalue weighted by molar-refractivity contribution is 7.91. The predicted molar refractivity (Wildman–Crippen MR) is 101 cm³/mol. The van der Waals surface area contributed by atoms with Crippen LogP contribution in [-0.4, -0.2) is 34.7 Å². The highest BCUT2D eigenvalue weighted by Gasteiger charge is 2.36. The van der Waals surface area contributed by atoms with Gasteiger partial charge >= 0.3 is 0 Å². The minimum absolute atomic E-state index is 0.0102. The fourth-order valence-corrected chi connectivity index (χ4v) is 5.91. The maximum absolute atomic E-state index is 13.4. The topological polar surface area (TPSA) is 89.5 Å². The molecule has 4 rings (SSSR count). The van der Waals surface area contributed by atoms with Crippen LogP contribution in [0.5, 0.6) is 5.75 Å². The lowest BCUT2D eigenvalue weighted by atomic mass is 10.0. The molecule has 1 atom stereocenters. The molecule has 2 aromatic carbocycles. The summed E-state index contributed by atoms with van der Waals surface area (Å²) < 4.78 is 71.4. The molecule has 2 aliphatic rings. The number of rotatable bonds is 6. The van der Waals surface area contributed by atoms with Crippen molar-refractivity contribution in [1.82, 2.24) is 4.72 Å². The predicted octanol–water partition coefficient (Wildman–Crippen LogP) is 2.43. The van der Waals surface area contributed by atoms with E-state index in [0.29, 0.717) is 31.4 Å². The first-order valence-electron chi connectivity index (χ1n) is 9.04. The molecule has 150 valence electrons. The molecule has 0 aromatic heterocycles. The molecule has 6 nitrogen and oxygen atoms in total. The molecule has 0 spiro atoms. The second-order valence-corrected chi connectivity index (χ2v) is 11.1. The van der Waals surface area contributed by atoms with E-state index >= 15 is 0 Å². The molecular formula is C19H20FNO5S2. The van der Waals surface area contributed by atoms with Gasteiger partial charge in [0.25, 0.3) is 0 Å². The summed E-state index contributed by atoms with van der Waals surface area (Å²) in [6.07, 6.45) is 2.30. The van der Waals surface area contributed by atoms with Crippen LogP contribution in [0.3, 0.4) is 0 Å². The monoisotopic (exact) mass is 425 g/mol. The second kappa shape index (κ2) is 7.13. The maximum atomic E-state index is 13.4. The van der Waals surface area contributed by atoms with Crippen molar-refractivity contribution in [2.24, 2.45) is 0 Å². The second-order valence-electron chi connectivity index (χ2n) is 7.10. The zero-order valence-corrected chi connectivity index (χ0v) is 16.6. The van der Waals surface area contributed by atoms with Crippen LogP contribution in [0.2, 0.25) is 0 Å². The van der Waals surface area contributed by atoms with Crippen LogP contribution >= 0.6 is 0 Å². The van der Waals surface area contributed by atoms with E-state index < -0.39 is 25.7 Å². The number of sulfone groups is 1. The minimum atomic E-state index is -3.88. The number of nitrogens with one attached hydrogen (secondary N) is 1. The molecule has 1 fully saturated rings. The van der Waals surface area contributed by atoms with Crippen LogP contribution in [-0.2, 0) is 26.3 Å². The fourth-order valence-electron chi connectivity index (χ4n) is 3.19. The van der Waals surface area contributed by atoms with Crippen molar-refractivity contribution < 1.29 is 26.0 Å². The lowest BCUT2D eigenvalue weighted by molar-refractivity contribution is 0.176. The van der Waals surface area contributed by atoms with Gasteiger partial charge in [0.2, 0.25) is 19.9 Å². The SMILES string of the molecule is O=S(=O)(c1cccc(F)c1)c1ccc2c(c1)O[C@@H](CNS(=O)(=O)C1CC1)CC2. The summed E-state index contributed by atoms with van der Waals surface area (Å²) in [5.41, 5.74) is 0.861. The zero-order valence-electron chi connectivity index (χ0n) is 15.0. The number of hydrogen-bond donors (Lipinski definition) is 1. The third-order valence-corrected chi connectivity index (χ3v) is 8.63. The quantitative estimate of drug-likeness (QED) is 0.768. The fraction of sp³-hybridized carbons (Fsp3) is 0.368. The first-order chi connectivity index (χ1) is 13.3. The van der Waals surface area contributed by atoms with Gasteiger partial charge < -0.3 is 4.74 Å². The summed E-state index contributed by atoms with van der Waals surface area (Å²) in [7, 11) is -7.18. The Labute approximate surface area is 163 Å². The number of fused-ring (bicyclic) bond motifs is 1. The Morgan fingerprint density at radius 3 is 2.46 bits per heavy atom. The first kappa shape index (κ1) is 19.4. The molecule has 9 heteroatoms. The number of benzene rings is 2. The Hall–Kier alpha value is -1.97. The molecule has 2 aromatic rings. The van der Waals surface area contributed by atoms with Crippen LogP contribution in [0.15, 0.2) is 52.3 Å².